The van der Waals surface area contributed by atoms with E-state index in [1.807, 2.05) is 32.9 Å². The van der Waals surface area contributed by atoms with E-state index in [9.17, 15) is 9.90 Å². The summed E-state index contributed by atoms with van der Waals surface area (Å²) >= 11 is 0. The summed E-state index contributed by atoms with van der Waals surface area (Å²) in [5, 5.41) is 11.0. The third kappa shape index (κ3) is 4.76. The highest BCUT2D eigenvalue weighted by Crippen LogP contribution is 2.49. The number of phenolic OH excluding ortho intramolecular Hbond substituents is 1. The minimum absolute atomic E-state index is 0.0457. The first-order valence-electron chi connectivity index (χ1n) is 9.86. The van der Waals surface area contributed by atoms with Crippen LogP contribution in [0.5, 0.6) is 11.5 Å². The SMILES string of the molecule is CCCCC1C=CN(C(=O)OC(C)(C)C)c2c(OC)cc(CCC)c(O)c21. The highest BCUT2D eigenvalue weighted by Gasteiger charge is 2.34. The van der Waals surface area contributed by atoms with Gasteiger partial charge in [0.15, 0.2) is 0 Å². The summed E-state index contributed by atoms with van der Waals surface area (Å²) in [6.07, 6.45) is 7.95. The van der Waals surface area contributed by atoms with Crippen LogP contribution in [0.15, 0.2) is 18.3 Å². The first-order chi connectivity index (χ1) is 12.7. The molecule has 150 valence electrons. The number of ether oxygens (including phenoxy) is 2. The van der Waals surface area contributed by atoms with Crippen molar-refractivity contribution < 1.29 is 19.4 Å². The molecular weight excluding hydrogens is 342 g/mol. The molecule has 1 aromatic carbocycles. The number of allylic oxidation sites excluding steroid dienone is 1. The zero-order chi connectivity index (χ0) is 20.2. The number of phenols is 1. The molecule has 1 aliphatic rings. The molecule has 1 N–H and O–H groups in total. The van der Waals surface area contributed by atoms with Crippen LogP contribution in [0.1, 0.15) is 77.3 Å². The maximum atomic E-state index is 12.8. The molecule has 0 bridgehead atoms. The lowest BCUT2D eigenvalue weighted by Gasteiger charge is -2.33. The van der Waals surface area contributed by atoms with Crippen LogP contribution in [0, 0.1) is 0 Å². The average molecular weight is 376 g/mol. The number of aromatic hydroxyl groups is 1. The molecule has 5 nitrogen and oxygen atoms in total. The molecule has 0 saturated carbocycles. The van der Waals surface area contributed by atoms with Crippen LogP contribution in [-0.4, -0.2) is 23.9 Å². The van der Waals surface area contributed by atoms with Gasteiger partial charge in [-0.2, -0.15) is 0 Å². The van der Waals surface area contributed by atoms with E-state index in [1.165, 1.54) is 4.90 Å². The molecule has 5 heteroatoms. The van der Waals surface area contributed by atoms with Gasteiger partial charge in [-0.25, -0.2) is 9.69 Å². The fourth-order valence-electron chi connectivity index (χ4n) is 3.42. The number of benzene rings is 1. The van der Waals surface area contributed by atoms with Crippen LogP contribution >= 0.6 is 0 Å². The van der Waals surface area contributed by atoms with Gasteiger partial charge in [-0.1, -0.05) is 39.2 Å². The summed E-state index contributed by atoms with van der Waals surface area (Å²) < 4.78 is 11.2. The summed E-state index contributed by atoms with van der Waals surface area (Å²) in [5.41, 5.74) is 1.60. The molecule has 1 aliphatic heterocycles. The van der Waals surface area contributed by atoms with Crippen LogP contribution < -0.4 is 9.64 Å². The smallest absolute Gasteiger partial charge is 0.419 e. The van der Waals surface area contributed by atoms with Gasteiger partial charge in [0.25, 0.3) is 0 Å². The summed E-state index contributed by atoms with van der Waals surface area (Å²) in [7, 11) is 1.59. The van der Waals surface area contributed by atoms with Crippen LogP contribution in [0.3, 0.4) is 0 Å². The van der Waals surface area contributed by atoms with Crippen molar-refractivity contribution in [2.75, 3.05) is 12.0 Å². The molecule has 1 heterocycles. The van der Waals surface area contributed by atoms with Crippen LogP contribution in [0.2, 0.25) is 0 Å². The van der Waals surface area contributed by atoms with E-state index >= 15 is 0 Å². The van der Waals surface area contributed by atoms with Gasteiger partial charge in [-0.3, -0.25) is 0 Å². The van der Waals surface area contributed by atoms with Gasteiger partial charge in [-0.05, 0) is 45.2 Å². The zero-order valence-electron chi connectivity index (χ0n) is 17.5. The summed E-state index contributed by atoms with van der Waals surface area (Å²) in [5.74, 6) is 0.902. The van der Waals surface area contributed by atoms with Crippen molar-refractivity contribution >= 4 is 11.8 Å². The number of nitrogens with zero attached hydrogens (tertiary/aromatic N) is 1. The average Bonchev–Trinajstić information content (AvgIpc) is 2.60. The number of fused-ring (bicyclic) bond motifs is 1. The molecule has 0 aliphatic carbocycles. The first-order valence-corrected chi connectivity index (χ1v) is 9.86. The molecule has 0 aromatic heterocycles. The molecule has 1 aromatic rings. The molecule has 0 spiro atoms. The van der Waals surface area contributed by atoms with E-state index in [-0.39, 0.29) is 11.7 Å². The number of hydrogen-bond acceptors (Lipinski definition) is 4. The molecule has 1 unspecified atom stereocenters. The lowest BCUT2D eigenvalue weighted by molar-refractivity contribution is 0.0594. The van der Waals surface area contributed by atoms with Gasteiger partial charge in [0, 0.05) is 17.7 Å². The van der Waals surface area contributed by atoms with Crippen molar-refractivity contribution in [3.63, 3.8) is 0 Å². The largest absolute Gasteiger partial charge is 0.507 e. The third-order valence-corrected chi connectivity index (χ3v) is 4.63. The van der Waals surface area contributed by atoms with E-state index in [1.54, 1.807) is 13.3 Å². The Hall–Kier alpha value is -2.17. The number of hydrogen-bond donors (Lipinski definition) is 1. The lowest BCUT2D eigenvalue weighted by Crippen LogP contribution is -2.35. The quantitative estimate of drug-likeness (QED) is 0.673. The maximum Gasteiger partial charge on any atom is 0.419 e. The number of carbonyl (C=O) groups excluding carboxylic acids is 1. The number of aryl methyl sites for hydroxylation is 1. The van der Waals surface area contributed by atoms with Gasteiger partial charge in [-0.15, -0.1) is 0 Å². The monoisotopic (exact) mass is 375 g/mol. The Balaban J connectivity index is 2.60. The Kier molecular flexibility index (Phi) is 6.79. The van der Waals surface area contributed by atoms with Crippen LogP contribution in [0.4, 0.5) is 10.5 Å². The second-order valence-corrected chi connectivity index (χ2v) is 8.04. The van der Waals surface area contributed by atoms with Crippen molar-refractivity contribution in [2.45, 2.75) is 78.2 Å². The van der Waals surface area contributed by atoms with Gasteiger partial charge in [0.2, 0.25) is 0 Å². The fourth-order valence-corrected chi connectivity index (χ4v) is 3.42. The standard InChI is InChI=1S/C22H33NO4/c1-7-9-11-15-12-13-23(21(25)27-22(3,4)5)19-17(26-6)14-16(10-8-2)20(24)18(15)19/h12-15,24H,7-11H2,1-6H3. The molecule has 1 amide bonds. The molecule has 0 fully saturated rings. The van der Waals surface area contributed by atoms with Crippen molar-refractivity contribution in [3.8, 4) is 11.5 Å². The normalized spacial score (nSPS) is 16.2. The minimum atomic E-state index is -0.610. The van der Waals surface area contributed by atoms with Gasteiger partial charge >= 0.3 is 6.09 Å². The topological polar surface area (TPSA) is 59.0 Å². The zero-order valence-corrected chi connectivity index (χ0v) is 17.5. The van der Waals surface area contributed by atoms with E-state index in [0.29, 0.717) is 11.4 Å². The third-order valence-electron chi connectivity index (χ3n) is 4.63. The number of amides is 1. The molecule has 0 saturated heterocycles. The Labute approximate surface area is 163 Å². The van der Waals surface area contributed by atoms with Crippen molar-refractivity contribution in [1.29, 1.82) is 0 Å². The number of rotatable bonds is 6. The summed E-state index contributed by atoms with van der Waals surface area (Å²) in [6.45, 7) is 9.73. The lowest BCUT2D eigenvalue weighted by atomic mass is 9.86. The van der Waals surface area contributed by atoms with E-state index < -0.39 is 11.7 Å². The van der Waals surface area contributed by atoms with Crippen molar-refractivity contribution in [3.05, 3.63) is 29.5 Å². The van der Waals surface area contributed by atoms with Crippen LogP contribution in [0.25, 0.3) is 0 Å². The Morgan fingerprint density at radius 1 is 1.26 bits per heavy atom. The highest BCUT2D eigenvalue weighted by molar-refractivity contribution is 5.95. The Bertz CT molecular complexity index is 703. The summed E-state index contributed by atoms with van der Waals surface area (Å²) in [6, 6.07) is 1.84. The molecule has 0 radical (unpaired) electrons. The second kappa shape index (κ2) is 8.68. The van der Waals surface area contributed by atoms with Gasteiger partial charge < -0.3 is 14.6 Å². The molecule has 27 heavy (non-hydrogen) atoms. The van der Waals surface area contributed by atoms with E-state index in [2.05, 4.69) is 13.8 Å². The number of methoxy groups -OCH3 is 1. The van der Waals surface area contributed by atoms with Gasteiger partial charge in [0.1, 0.15) is 22.8 Å². The highest BCUT2D eigenvalue weighted by atomic mass is 16.6. The summed E-state index contributed by atoms with van der Waals surface area (Å²) in [4.78, 5) is 14.3. The predicted octanol–water partition coefficient (Wildman–Crippen LogP) is 5.90. The second-order valence-electron chi connectivity index (χ2n) is 8.04. The van der Waals surface area contributed by atoms with Crippen molar-refractivity contribution in [2.24, 2.45) is 0 Å². The number of anilines is 1. The minimum Gasteiger partial charge on any atom is -0.507 e. The predicted molar refractivity (Wildman–Crippen MR) is 109 cm³/mol. The maximum absolute atomic E-state index is 12.8. The van der Waals surface area contributed by atoms with Crippen LogP contribution in [-0.2, 0) is 11.2 Å². The van der Waals surface area contributed by atoms with E-state index in [0.717, 1.165) is 43.2 Å². The van der Waals surface area contributed by atoms with Gasteiger partial charge in [0.05, 0.1) is 7.11 Å². The number of carbonyl (C=O) groups is 1. The fraction of sp³-hybridized carbons (Fsp3) is 0.591. The first kappa shape index (κ1) is 21.1. The molecule has 1 atom stereocenters. The van der Waals surface area contributed by atoms with E-state index in [4.69, 9.17) is 9.47 Å². The number of unbranched alkanes of at least 4 members (excludes halogenated alkanes) is 1. The molecular formula is C22H33NO4. The van der Waals surface area contributed by atoms with Crippen molar-refractivity contribution in [1.82, 2.24) is 0 Å². The Morgan fingerprint density at radius 3 is 2.52 bits per heavy atom. The Morgan fingerprint density at radius 2 is 1.96 bits per heavy atom. The molecule has 2 rings (SSSR count).